The number of carbonyl (C=O) groups is 1. The summed E-state index contributed by atoms with van der Waals surface area (Å²) in [6, 6.07) is 7.21. The average Bonchev–Trinajstić information content (AvgIpc) is 3.55. The van der Waals surface area contributed by atoms with Crippen LogP contribution in [0, 0.1) is 11.3 Å². The quantitative estimate of drug-likeness (QED) is 0.442. The maximum absolute atomic E-state index is 13.6. The van der Waals surface area contributed by atoms with Crippen molar-refractivity contribution in [1.29, 1.82) is 0 Å². The van der Waals surface area contributed by atoms with Crippen LogP contribution in [0.15, 0.2) is 53.3 Å². The number of amides is 1. The number of rotatable bonds is 5. The summed E-state index contributed by atoms with van der Waals surface area (Å²) in [6.45, 7) is 21.3. The summed E-state index contributed by atoms with van der Waals surface area (Å²) in [5, 5.41) is 3.32. The molecule has 4 heterocycles. The molecule has 1 aromatic carbocycles. The average molecular weight is 620 g/mol. The van der Waals surface area contributed by atoms with Crippen LogP contribution in [0.25, 0.3) is 5.57 Å². The minimum atomic E-state index is -0.491. The van der Waals surface area contributed by atoms with Gasteiger partial charge >= 0.3 is 0 Å². The number of benzene rings is 1. The Hall–Kier alpha value is -3.10. The van der Waals surface area contributed by atoms with E-state index in [-0.39, 0.29) is 13.5 Å². The van der Waals surface area contributed by atoms with Gasteiger partial charge in [0.15, 0.2) is 5.96 Å². The van der Waals surface area contributed by atoms with Gasteiger partial charge in [-0.2, -0.15) is 0 Å². The van der Waals surface area contributed by atoms with Crippen molar-refractivity contribution in [2.75, 3.05) is 46.3 Å². The van der Waals surface area contributed by atoms with E-state index in [9.17, 15) is 4.79 Å². The van der Waals surface area contributed by atoms with Gasteiger partial charge in [-0.05, 0) is 80.5 Å². The maximum Gasteiger partial charge on any atom is 0.232 e. The van der Waals surface area contributed by atoms with Gasteiger partial charge < -0.3 is 25.8 Å². The summed E-state index contributed by atoms with van der Waals surface area (Å²) in [5.41, 5.74) is 10.9. The number of nitrogens with two attached hydrogens (primary N) is 1. The molecule has 2 saturated heterocycles. The summed E-state index contributed by atoms with van der Waals surface area (Å²) >= 11 is 0. The topological polar surface area (TPSA) is 80.4 Å². The van der Waals surface area contributed by atoms with Crippen LogP contribution in [0.2, 0.25) is 0 Å². The van der Waals surface area contributed by atoms with Crippen LogP contribution in [0.4, 0.5) is 0 Å². The van der Waals surface area contributed by atoms with Crippen LogP contribution in [0.3, 0.4) is 0 Å². The highest BCUT2D eigenvalue weighted by Gasteiger charge is 2.38. The number of hydrogen-bond acceptors (Lipinski definition) is 7. The minimum absolute atomic E-state index is 0. The number of guanidine groups is 1. The molecule has 4 atom stereocenters. The summed E-state index contributed by atoms with van der Waals surface area (Å²) in [6.07, 6.45) is 12.8. The van der Waals surface area contributed by atoms with Gasteiger partial charge in [-0.15, -0.1) is 0 Å². The lowest BCUT2D eigenvalue weighted by Gasteiger charge is -2.41. The fourth-order valence-corrected chi connectivity index (χ4v) is 7.14. The molecule has 1 aromatic rings. The van der Waals surface area contributed by atoms with Gasteiger partial charge in [-0.25, -0.2) is 4.99 Å². The van der Waals surface area contributed by atoms with Gasteiger partial charge in [-0.1, -0.05) is 71.4 Å². The second kappa shape index (κ2) is 15.5. The highest BCUT2D eigenvalue weighted by molar-refractivity contribution is 5.90. The number of likely N-dealkylation sites (N-methyl/N-ethyl adjacent to an activating group) is 1. The lowest BCUT2D eigenvalue weighted by molar-refractivity contribution is -0.137. The maximum atomic E-state index is 13.6. The Morgan fingerprint density at radius 2 is 1.84 bits per heavy atom. The van der Waals surface area contributed by atoms with Crippen molar-refractivity contribution in [2.45, 2.75) is 92.9 Å². The van der Waals surface area contributed by atoms with E-state index in [1.807, 2.05) is 27.7 Å². The second-order valence-electron chi connectivity index (χ2n) is 13.0. The van der Waals surface area contributed by atoms with Gasteiger partial charge in [-0.3, -0.25) is 9.69 Å². The van der Waals surface area contributed by atoms with Gasteiger partial charge in [0, 0.05) is 53.3 Å². The minimum Gasteiger partial charge on any atom is -0.370 e. The first kappa shape index (κ1) is 34.8. The molecular weight excluding hydrogens is 558 g/mol. The summed E-state index contributed by atoms with van der Waals surface area (Å²) in [4.78, 5) is 27.8. The van der Waals surface area contributed by atoms with E-state index in [0.717, 1.165) is 82.9 Å². The standard InChI is InChI=1S/C33H47N7O.2C2H6.H2/c1-5-24-10-12-39(21-24)31(41)33(3)11-6-7-27(20-33)26-9-8-25-17-23(2)40(22-28(25)18-26)30-19-29(35-32(34)36-30)38-15-13-37(4)14-16-38;2*1-2;/h6-9,18-20,23-24,30H,5,10-17,21-22H2,1-4H3,(H3,34,35,36);2*1-2H3;1H/t23?,24-,30?,33?;;;/m0.../s1. The number of piperazine rings is 1. The predicted octanol–water partition coefficient (Wildman–Crippen LogP) is 5.67. The van der Waals surface area contributed by atoms with Crippen molar-refractivity contribution in [3.63, 3.8) is 0 Å². The summed E-state index contributed by atoms with van der Waals surface area (Å²) in [5.74, 6) is 2.48. The van der Waals surface area contributed by atoms with Crippen molar-refractivity contribution in [2.24, 2.45) is 22.1 Å². The molecule has 3 N–H and O–H groups in total. The van der Waals surface area contributed by atoms with Crippen molar-refractivity contribution < 1.29 is 6.22 Å². The van der Waals surface area contributed by atoms with Crippen molar-refractivity contribution in [3.05, 3.63) is 65.0 Å². The monoisotopic (exact) mass is 619 g/mol. The van der Waals surface area contributed by atoms with Crippen LogP contribution in [-0.2, 0) is 17.8 Å². The van der Waals surface area contributed by atoms with E-state index in [1.165, 1.54) is 16.7 Å². The van der Waals surface area contributed by atoms with E-state index in [2.05, 4.69) is 95.2 Å². The molecule has 3 unspecified atom stereocenters. The van der Waals surface area contributed by atoms with Crippen molar-refractivity contribution >= 4 is 17.4 Å². The number of aliphatic imine (C=N–C) groups is 1. The summed E-state index contributed by atoms with van der Waals surface area (Å²) < 4.78 is 0. The number of nitrogens with one attached hydrogen (secondary N) is 1. The van der Waals surface area contributed by atoms with E-state index in [0.29, 0.717) is 17.9 Å². The molecule has 45 heavy (non-hydrogen) atoms. The predicted molar refractivity (Wildman–Crippen MR) is 190 cm³/mol. The number of fused-ring (bicyclic) bond motifs is 1. The fourth-order valence-electron chi connectivity index (χ4n) is 7.14. The second-order valence-corrected chi connectivity index (χ2v) is 13.0. The van der Waals surface area contributed by atoms with E-state index >= 15 is 0 Å². The molecule has 4 aliphatic heterocycles. The van der Waals surface area contributed by atoms with E-state index in [1.54, 1.807) is 0 Å². The molecule has 1 aliphatic carbocycles. The zero-order chi connectivity index (χ0) is 32.7. The van der Waals surface area contributed by atoms with Crippen molar-refractivity contribution in [3.8, 4) is 0 Å². The molecule has 5 aliphatic rings. The molecule has 0 aromatic heterocycles. The Labute approximate surface area is 274 Å². The molecule has 1 amide bonds. The molecule has 8 nitrogen and oxygen atoms in total. The Morgan fingerprint density at radius 1 is 1.11 bits per heavy atom. The molecule has 0 saturated carbocycles. The molecule has 8 heteroatoms. The normalized spacial score (nSPS) is 28.4. The summed E-state index contributed by atoms with van der Waals surface area (Å²) in [7, 11) is 2.17. The smallest absolute Gasteiger partial charge is 0.232 e. The number of allylic oxidation sites excluding steroid dienone is 3. The third-order valence-electron chi connectivity index (χ3n) is 9.94. The highest BCUT2D eigenvalue weighted by Crippen LogP contribution is 2.38. The van der Waals surface area contributed by atoms with Crippen LogP contribution < -0.4 is 11.1 Å². The number of hydrogen-bond donors (Lipinski definition) is 2. The Kier molecular flexibility index (Phi) is 11.9. The van der Waals surface area contributed by atoms with Crippen molar-refractivity contribution in [1.82, 2.24) is 24.9 Å². The van der Waals surface area contributed by atoms with E-state index < -0.39 is 5.41 Å². The van der Waals surface area contributed by atoms with Gasteiger partial charge in [0.1, 0.15) is 12.0 Å². The number of likely N-dealkylation sites (tertiary alicyclic amines) is 1. The zero-order valence-electron chi connectivity index (χ0n) is 29.3. The number of carbonyl (C=O) groups excluding carboxylic acids is 1. The SMILES string of the molecule is CC.CC.CC[C@H]1CCN(C(=O)C2(C)C=C(c3ccc4c(c3)CN(C3C=C(N5CCN(C)CC5)NC(N)=N3)C(C)C4)C=CC2)C1.[HH]. The molecule has 0 bridgehead atoms. The molecule has 0 radical (unpaired) electrons. The molecule has 250 valence electrons. The Morgan fingerprint density at radius 3 is 2.53 bits per heavy atom. The third-order valence-corrected chi connectivity index (χ3v) is 9.94. The first-order valence-electron chi connectivity index (χ1n) is 17.5. The lowest BCUT2D eigenvalue weighted by atomic mass is 9.78. The Bertz CT molecular complexity index is 1300. The van der Waals surface area contributed by atoms with Crippen LogP contribution in [0.5, 0.6) is 0 Å². The first-order chi connectivity index (χ1) is 21.7. The van der Waals surface area contributed by atoms with Gasteiger partial charge in [0.2, 0.25) is 5.91 Å². The lowest BCUT2D eigenvalue weighted by Crippen LogP contribution is -2.52. The molecular formula is C37H61N7O. The Balaban J connectivity index is 0.00000111. The van der Waals surface area contributed by atoms with Gasteiger partial charge in [0.25, 0.3) is 0 Å². The van der Waals surface area contributed by atoms with Gasteiger partial charge in [0.05, 0.1) is 5.41 Å². The fraction of sp³-hybridized carbons (Fsp3) is 0.622. The van der Waals surface area contributed by atoms with Crippen LogP contribution in [-0.4, -0.2) is 90.0 Å². The highest BCUT2D eigenvalue weighted by atomic mass is 16.2. The molecule has 0 spiro atoms. The van der Waals surface area contributed by atoms with Crippen LogP contribution in [0.1, 0.15) is 85.8 Å². The number of nitrogens with zero attached hydrogens (tertiary/aromatic N) is 5. The van der Waals surface area contributed by atoms with E-state index in [4.69, 9.17) is 10.7 Å². The van der Waals surface area contributed by atoms with Crippen LogP contribution >= 0.6 is 0 Å². The molecule has 2 fully saturated rings. The first-order valence-corrected chi connectivity index (χ1v) is 17.5. The third kappa shape index (κ3) is 7.83. The molecule has 6 rings (SSSR count). The zero-order valence-corrected chi connectivity index (χ0v) is 29.3. The largest absolute Gasteiger partial charge is 0.370 e.